The number of amides is 1. The molecule has 1 aliphatic carbocycles. The van der Waals surface area contributed by atoms with Gasteiger partial charge >= 0.3 is 0 Å². The van der Waals surface area contributed by atoms with Crippen molar-refractivity contribution in [1.29, 1.82) is 0 Å². The van der Waals surface area contributed by atoms with Gasteiger partial charge in [0.25, 0.3) is 17.7 Å². The third-order valence-electron chi connectivity index (χ3n) is 5.36. The molecule has 0 saturated carbocycles. The Hall–Kier alpha value is -2.36. The van der Waals surface area contributed by atoms with Crippen LogP contribution in [0.2, 0.25) is 10.0 Å². The summed E-state index contributed by atoms with van der Waals surface area (Å²) in [7, 11) is 0. The number of alkyl halides is 2. The van der Waals surface area contributed by atoms with Gasteiger partial charge in [-0.15, -0.1) is 5.10 Å². The molecule has 2 aromatic carbocycles. The van der Waals surface area contributed by atoms with Gasteiger partial charge in [-0.2, -0.15) is 13.9 Å². The second-order valence-electron chi connectivity index (χ2n) is 7.68. The molecule has 34 heavy (non-hydrogen) atoms. The minimum Gasteiger partial charge on any atom is -0.434 e. The van der Waals surface area contributed by atoms with Gasteiger partial charge in [-0.25, -0.2) is 4.39 Å². The van der Waals surface area contributed by atoms with E-state index in [0.29, 0.717) is 28.6 Å². The van der Waals surface area contributed by atoms with E-state index in [1.807, 2.05) is 0 Å². The van der Waals surface area contributed by atoms with Crippen LogP contribution in [-0.2, 0) is 18.8 Å². The summed E-state index contributed by atoms with van der Waals surface area (Å²) in [5.41, 5.74) is 0.644. The zero-order valence-electron chi connectivity index (χ0n) is 17.5. The van der Waals surface area contributed by atoms with Crippen LogP contribution < -0.4 is 10.1 Å². The summed E-state index contributed by atoms with van der Waals surface area (Å²) in [4.78, 5) is 13.1. The average molecular weight is 575 g/mol. The van der Waals surface area contributed by atoms with Gasteiger partial charge in [0.1, 0.15) is 5.56 Å². The number of nitrogens with one attached hydrogen (secondary N) is 1. The number of carbonyl (C=O) groups excluding carboxylic acids is 1. The fraction of sp³-hybridized carbons (Fsp3) is 0.261. The number of carbonyl (C=O) groups is 1. The molecule has 1 amide bonds. The van der Waals surface area contributed by atoms with E-state index in [2.05, 4.69) is 31.4 Å². The van der Waals surface area contributed by atoms with E-state index in [0.717, 1.165) is 12.8 Å². The van der Waals surface area contributed by atoms with E-state index < -0.39 is 29.8 Å². The molecule has 4 rings (SSSR count). The fourth-order valence-corrected chi connectivity index (χ4v) is 4.67. The van der Waals surface area contributed by atoms with E-state index in [-0.39, 0.29) is 27.2 Å². The van der Waals surface area contributed by atoms with E-state index in [1.165, 1.54) is 36.4 Å². The lowest BCUT2D eigenvalue weighted by Gasteiger charge is -2.22. The molecule has 5 nitrogen and oxygen atoms in total. The van der Waals surface area contributed by atoms with Crippen molar-refractivity contribution in [2.45, 2.75) is 31.6 Å². The molecule has 0 radical (unpaired) electrons. The predicted molar refractivity (Wildman–Crippen MR) is 126 cm³/mol. The summed E-state index contributed by atoms with van der Waals surface area (Å²) in [5, 5.41) is 9.99. The number of rotatable bonds is 6. The molecule has 1 aliphatic rings. The molecule has 1 N–H and O–H groups in total. The van der Waals surface area contributed by atoms with Crippen molar-refractivity contribution < 1.29 is 22.7 Å². The van der Waals surface area contributed by atoms with Gasteiger partial charge < -0.3 is 10.1 Å². The maximum Gasteiger partial charge on any atom is 0.291 e. The lowest BCUT2D eigenvalue weighted by atomic mass is 9.92. The van der Waals surface area contributed by atoms with Crippen LogP contribution in [0.15, 0.2) is 40.9 Å². The second kappa shape index (κ2) is 10.1. The molecular formula is C23H17BrCl2F3N3O2. The maximum atomic E-state index is 14.9. The van der Waals surface area contributed by atoms with Crippen LogP contribution in [0, 0.1) is 5.82 Å². The summed E-state index contributed by atoms with van der Waals surface area (Å²) >= 11 is 15.0. The number of fused-ring (bicyclic) bond motifs is 1. The Bertz CT molecular complexity index is 1260. The molecule has 178 valence electrons. The lowest BCUT2D eigenvalue weighted by Crippen LogP contribution is -2.36. The maximum absolute atomic E-state index is 14.9. The molecule has 0 unspecified atom stereocenters. The standard InChI is InChI=1S/C23H17BrCl2F3N3O2/c24-12-8-9-14(16(26)10-12)23(28,29)11-30-21(33)19-13-4-1-2-6-17(13)31-32-22(19)34-18-7-3-5-15(25)20(18)27/h3,5,7-10H,1-2,4,6,11H2,(H,30,33). The molecule has 0 atom stereocenters. The van der Waals surface area contributed by atoms with Crippen LogP contribution in [0.3, 0.4) is 0 Å². The average Bonchev–Trinajstić information content (AvgIpc) is 2.80. The highest BCUT2D eigenvalue weighted by Gasteiger charge is 2.35. The Kier molecular flexibility index (Phi) is 7.35. The van der Waals surface area contributed by atoms with Crippen molar-refractivity contribution in [1.82, 2.24) is 15.5 Å². The summed E-state index contributed by atoms with van der Waals surface area (Å²) in [6, 6.07) is 8.09. The van der Waals surface area contributed by atoms with Crippen molar-refractivity contribution in [3.8, 4) is 11.6 Å². The van der Waals surface area contributed by atoms with E-state index in [1.54, 1.807) is 0 Å². The molecule has 3 aromatic rings. The number of hydrogen-bond donors (Lipinski definition) is 1. The zero-order chi connectivity index (χ0) is 24.5. The number of aromatic nitrogens is 2. The molecule has 1 aromatic heterocycles. The molecule has 0 aliphatic heterocycles. The molecule has 0 saturated heterocycles. The highest BCUT2D eigenvalue weighted by Crippen LogP contribution is 2.36. The van der Waals surface area contributed by atoms with Gasteiger partial charge in [0, 0.05) is 10.0 Å². The Labute approximate surface area is 211 Å². The normalized spacial score (nSPS) is 13.4. The van der Waals surface area contributed by atoms with Crippen LogP contribution in [-0.4, -0.2) is 22.6 Å². The SMILES string of the molecule is O=C(NCC(F)(F)c1ccc(Br)cc1Cl)c1c(Oc2cccc(Cl)c2F)nnc2c1CCCC2. The summed E-state index contributed by atoms with van der Waals surface area (Å²) in [5.74, 6) is -5.68. The predicted octanol–water partition coefficient (Wildman–Crippen LogP) is 6.88. The Morgan fingerprint density at radius 1 is 1.12 bits per heavy atom. The smallest absolute Gasteiger partial charge is 0.291 e. The van der Waals surface area contributed by atoms with Crippen LogP contribution >= 0.6 is 39.1 Å². The molecule has 0 spiro atoms. The Morgan fingerprint density at radius 2 is 1.88 bits per heavy atom. The monoisotopic (exact) mass is 573 g/mol. The summed E-state index contributed by atoms with van der Waals surface area (Å²) in [6.45, 7) is -1.02. The van der Waals surface area contributed by atoms with E-state index in [9.17, 15) is 18.0 Å². The molecular weight excluding hydrogens is 558 g/mol. The van der Waals surface area contributed by atoms with E-state index in [4.69, 9.17) is 27.9 Å². The van der Waals surface area contributed by atoms with Crippen molar-refractivity contribution >= 4 is 45.0 Å². The van der Waals surface area contributed by atoms with Gasteiger partial charge in [0.05, 0.1) is 22.3 Å². The number of nitrogens with zero attached hydrogens (tertiary/aromatic N) is 2. The van der Waals surface area contributed by atoms with Gasteiger partial charge in [0.15, 0.2) is 11.6 Å². The minimum atomic E-state index is -3.45. The third kappa shape index (κ3) is 5.16. The van der Waals surface area contributed by atoms with Crippen molar-refractivity contribution in [2.24, 2.45) is 0 Å². The first-order valence-electron chi connectivity index (χ1n) is 10.3. The minimum absolute atomic E-state index is 0.0539. The van der Waals surface area contributed by atoms with E-state index >= 15 is 0 Å². The lowest BCUT2D eigenvalue weighted by molar-refractivity contribution is -0.00242. The number of benzene rings is 2. The van der Waals surface area contributed by atoms with Gasteiger partial charge in [-0.05, 0) is 55.5 Å². The first kappa shape index (κ1) is 24.8. The Balaban J connectivity index is 1.65. The summed E-state index contributed by atoms with van der Waals surface area (Å²) in [6.07, 6.45) is 2.69. The first-order valence-corrected chi connectivity index (χ1v) is 11.8. The van der Waals surface area contributed by atoms with Crippen molar-refractivity contribution in [3.05, 3.63) is 79.1 Å². The van der Waals surface area contributed by atoms with Crippen LogP contribution in [0.4, 0.5) is 13.2 Å². The van der Waals surface area contributed by atoms with Gasteiger partial charge in [0.2, 0.25) is 0 Å². The topological polar surface area (TPSA) is 64.1 Å². The van der Waals surface area contributed by atoms with Crippen LogP contribution in [0.5, 0.6) is 11.6 Å². The number of aryl methyl sites for hydroxylation is 1. The van der Waals surface area contributed by atoms with Crippen molar-refractivity contribution in [2.75, 3.05) is 6.54 Å². The second-order valence-corrected chi connectivity index (χ2v) is 9.41. The number of halogens is 6. The molecule has 11 heteroatoms. The third-order valence-corrected chi connectivity index (χ3v) is 6.46. The summed E-state index contributed by atoms with van der Waals surface area (Å²) < 4.78 is 50.2. The fourth-order valence-electron chi connectivity index (χ4n) is 3.69. The highest BCUT2D eigenvalue weighted by atomic mass is 79.9. The molecule has 0 fully saturated rings. The molecule has 0 bridgehead atoms. The van der Waals surface area contributed by atoms with Crippen LogP contribution in [0.1, 0.15) is 40.0 Å². The molecule has 1 heterocycles. The largest absolute Gasteiger partial charge is 0.434 e. The zero-order valence-corrected chi connectivity index (χ0v) is 20.6. The highest BCUT2D eigenvalue weighted by molar-refractivity contribution is 9.10. The van der Waals surface area contributed by atoms with Crippen molar-refractivity contribution in [3.63, 3.8) is 0 Å². The Morgan fingerprint density at radius 3 is 2.65 bits per heavy atom. The number of ether oxygens (including phenoxy) is 1. The quantitative estimate of drug-likeness (QED) is 0.348. The van der Waals surface area contributed by atoms with Gasteiger partial charge in [-0.3, -0.25) is 4.79 Å². The first-order chi connectivity index (χ1) is 16.2. The number of hydrogen-bond acceptors (Lipinski definition) is 4. The van der Waals surface area contributed by atoms with Crippen LogP contribution in [0.25, 0.3) is 0 Å². The van der Waals surface area contributed by atoms with Gasteiger partial charge in [-0.1, -0.05) is 51.3 Å².